The van der Waals surface area contributed by atoms with E-state index < -0.39 is 0 Å². The standard InChI is InChI=1S/C16H20N2/c1-17-12-13-5-4-6-15(11-13)14-7-9-16(10-8-14)18(2)3/h4-11,17H,12H2,1-3H3. The molecule has 0 fully saturated rings. The maximum atomic E-state index is 3.18. The first-order valence-corrected chi connectivity index (χ1v) is 6.22. The third-order valence-electron chi connectivity index (χ3n) is 3.02. The Labute approximate surface area is 109 Å². The summed E-state index contributed by atoms with van der Waals surface area (Å²) < 4.78 is 0. The van der Waals surface area contributed by atoms with Gasteiger partial charge in [-0.2, -0.15) is 0 Å². The lowest BCUT2D eigenvalue weighted by atomic mass is 10.0. The van der Waals surface area contributed by atoms with Crippen LogP contribution in [0, 0.1) is 0 Å². The first-order chi connectivity index (χ1) is 8.70. The first-order valence-electron chi connectivity index (χ1n) is 6.22. The Bertz CT molecular complexity index is 501. The van der Waals surface area contributed by atoms with E-state index in [-0.39, 0.29) is 0 Å². The minimum atomic E-state index is 0.906. The van der Waals surface area contributed by atoms with E-state index in [4.69, 9.17) is 0 Å². The molecule has 0 heterocycles. The van der Waals surface area contributed by atoms with Crippen molar-refractivity contribution in [3.8, 4) is 11.1 Å². The van der Waals surface area contributed by atoms with E-state index in [2.05, 4.69) is 72.8 Å². The minimum absolute atomic E-state index is 0.906. The molecule has 0 spiro atoms. The number of rotatable bonds is 4. The van der Waals surface area contributed by atoms with E-state index in [1.807, 2.05) is 7.05 Å². The minimum Gasteiger partial charge on any atom is -0.378 e. The summed E-state index contributed by atoms with van der Waals surface area (Å²) in [6, 6.07) is 17.3. The second-order valence-corrected chi connectivity index (χ2v) is 4.67. The fourth-order valence-corrected chi connectivity index (χ4v) is 2.02. The average Bonchev–Trinajstić information content (AvgIpc) is 2.39. The number of hydrogen-bond acceptors (Lipinski definition) is 2. The van der Waals surface area contributed by atoms with Crippen molar-refractivity contribution in [2.75, 3.05) is 26.0 Å². The van der Waals surface area contributed by atoms with Crippen molar-refractivity contribution in [1.82, 2.24) is 5.32 Å². The Morgan fingerprint density at radius 1 is 0.944 bits per heavy atom. The Morgan fingerprint density at radius 2 is 1.67 bits per heavy atom. The summed E-state index contributed by atoms with van der Waals surface area (Å²) in [6.07, 6.45) is 0. The van der Waals surface area contributed by atoms with E-state index in [1.165, 1.54) is 22.4 Å². The van der Waals surface area contributed by atoms with Crippen LogP contribution in [0.25, 0.3) is 11.1 Å². The molecule has 0 saturated carbocycles. The average molecular weight is 240 g/mol. The summed E-state index contributed by atoms with van der Waals surface area (Å²) in [6.45, 7) is 0.906. The maximum Gasteiger partial charge on any atom is 0.0361 e. The lowest BCUT2D eigenvalue weighted by Crippen LogP contribution is -2.07. The van der Waals surface area contributed by atoms with E-state index in [0.717, 1.165) is 6.54 Å². The molecule has 0 aliphatic carbocycles. The van der Waals surface area contributed by atoms with Crippen LogP contribution in [0.3, 0.4) is 0 Å². The molecule has 0 aliphatic heterocycles. The largest absolute Gasteiger partial charge is 0.378 e. The van der Waals surface area contributed by atoms with Crippen LogP contribution in [0.1, 0.15) is 5.56 Å². The van der Waals surface area contributed by atoms with Crippen LogP contribution in [-0.4, -0.2) is 21.1 Å². The molecule has 0 saturated heterocycles. The van der Waals surface area contributed by atoms with Crippen LogP contribution in [0.15, 0.2) is 48.5 Å². The quantitative estimate of drug-likeness (QED) is 0.883. The van der Waals surface area contributed by atoms with Crippen molar-refractivity contribution >= 4 is 5.69 Å². The Balaban J connectivity index is 2.27. The third kappa shape index (κ3) is 2.90. The molecule has 2 heteroatoms. The highest BCUT2D eigenvalue weighted by Crippen LogP contribution is 2.23. The van der Waals surface area contributed by atoms with Crippen molar-refractivity contribution in [1.29, 1.82) is 0 Å². The highest BCUT2D eigenvalue weighted by Gasteiger charge is 2.00. The zero-order chi connectivity index (χ0) is 13.0. The number of benzene rings is 2. The normalized spacial score (nSPS) is 10.4. The molecule has 94 valence electrons. The number of nitrogens with zero attached hydrogens (tertiary/aromatic N) is 1. The SMILES string of the molecule is CNCc1cccc(-c2ccc(N(C)C)cc2)c1. The van der Waals surface area contributed by atoms with Crippen LogP contribution in [0.5, 0.6) is 0 Å². The molecule has 2 rings (SSSR count). The first kappa shape index (κ1) is 12.7. The third-order valence-corrected chi connectivity index (χ3v) is 3.02. The van der Waals surface area contributed by atoms with Gasteiger partial charge in [0, 0.05) is 26.3 Å². The van der Waals surface area contributed by atoms with E-state index in [1.54, 1.807) is 0 Å². The van der Waals surface area contributed by atoms with Crippen molar-refractivity contribution in [2.45, 2.75) is 6.54 Å². The van der Waals surface area contributed by atoms with E-state index in [0.29, 0.717) is 0 Å². The molecule has 0 aromatic heterocycles. The second kappa shape index (κ2) is 5.69. The van der Waals surface area contributed by atoms with Gasteiger partial charge in [-0.25, -0.2) is 0 Å². The molecular weight excluding hydrogens is 220 g/mol. The van der Waals surface area contributed by atoms with Crippen LogP contribution in [-0.2, 0) is 6.54 Å². The van der Waals surface area contributed by atoms with Gasteiger partial charge in [0.2, 0.25) is 0 Å². The monoisotopic (exact) mass is 240 g/mol. The summed E-state index contributed by atoms with van der Waals surface area (Å²) in [5, 5.41) is 3.18. The van der Waals surface area contributed by atoms with Gasteiger partial charge in [0.25, 0.3) is 0 Å². The van der Waals surface area contributed by atoms with Gasteiger partial charge in [-0.1, -0.05) is 30.3 Å². The maximum absolute atomic E-state index is 3.18. The molecule has 0 amide bonds. The van der Waals surface area contributed by atoms with Crippen LogP contribution < -0.4 is 10.2 Å². The van der Waals surface area contributed by atoms with Gasteiger partial charge < -0.3 is 10.2 Å². The van der Waals surface area contributed by atoms with Crippen molar-refractivity contribution in [2.24, 2.45) is 0 Å². The van der Waals surface area contributed by atoms with Gasteiger partial charge in [0.15, 0.2) is 0 Å². The van der Waals surface area contributed by atoms with Crippen molar-refractivity contribution in [3.63, 3.8) is 0 Å². The summed E-state index contributed by atoms with van der Waals surface area (Å²) in [7, 11) is 6.09. The molecule has 0 bridgehead atoms. The fourth-order valence-electron chi connectivity index (χ4n) is 2.02. The Hall–Kier alpha value is -1.80. The summed E-state index contributed by atoms with van der Waals surface area (Å²) in [5.41, 5.74) is 5.07. The summed E-state index contributed by atoms with van der Waals surface area (Å²) in [5.74, 6) is 0. The smallest absolute Gasteiger partial charge is 0.0361 e. The van der Waals surface area contributed by atoms with Gasteiger partial charge in [-0.05, 0) is 41.9 Å². The van der Waals surface area contributed by atoms with Crippen LogP contribution in [0.4, 0.5) is 5.69 Å². The molecule has 18 heavy (non-hydrogen) atoms. The molecule has 1 N–H and O–H groups in total. The lowest BCUT2D eigenvalue weighted by molar-refractivity contribution is 0.818. The van der Waals surface area contributed by atoms with Crippen molar-refractivity contribution < 1.29 is 0 Å². The highest BCUT2D eigenvalue weighted by atomic mass is 15.1. The van der Waals surface area contributed by atoms with Crippen LogP contribution >= 0.6 is 0 Å². The second-order valence-electron chi connectivity index (χ2n) is 4.67. The summed E-state index contributed by atoms with van der Waals surface area (Å²) >= 11 is 0. The molecule has 2 aromatic carbocycles. The predicted molar refractivity (Wildman–Crippen MR) is 79.0 cm³/mol. The predicted octanol–water partition coefficient (Wildman–Crippen LogP) is 3.14. The molecular formula is C16H20N2. The molecule has 0 atom stereocenters. The van der Waals surface area contributed by atoms with Gasteiger partial charge in [-0.3, -0.25) is 0 Å². The number of hydrogen-bond donors (Lipinski definition) is 1. The highest BCUT2D eigenvalue weighted by molar-refractivity contribution is 5.66. The number of anilines is 1. The van der Waals surface area contributed by atoms with Gasteiger partial charge in [0.05, 0.1) is 0 Å². The fraction of sp³-hybridized carbons (Fsp3) is 0.250. The molecule has 0 radical (unpaired) electrons. The van der Waals surface area contributed by atoms with Gasteiger partial charge in [0.1, 0.15) is 0 Å². The van der Waals surface area contributed by atoms with Gasteiger partial charge >= 0.3 is 0 Å². The number of nitrogens with one attached hydrogen (secondary N) is 1. The zero-order valence-electron chi connectivity index (χ0n) is 11.3. The lowest BCUT2D eigenvalue weighted by Gasteiger charge is -2.13. The summed E-state index contributed by atoms with van der Waals surface area (Å²) in [4.78, 5) is 2.11. The molecule has 2 aromatic rings. The Morgan fingerprint density at radius 3 is 2.28 bits per heavy atom. The van der Waals surface area contributed by atoms with E-state index >= 15 is 0 Å². The molecule has 0 aliphatic rings. The van der Waals surface area contributed by atoms with Crippen LogP contribution in [0.2, 0.25) is 0 Å². The molecule has 2 nitrogen and oxygen atoms in total. The molecule has 0 unspecified atom stereocenters. The zero-order valence-corrected chi connectivity index (χ0v) is 11.3. The van der Waals surface area contributed by atoms with Gasteiger partial charge in [-0.15, -0.1) is 0 Å². The Kier molecular flexibility index (Phi) is 4.00. The topological polar surface area (TPSA) is 15.3 Å². The van der Waals surface area contributed by atoms with E-state index in [9.17, 15) is 0 Å². The van der Waals surface area contributed by atoms with Crippen molar-refractivity contribution in [3.05, 3.63) is 54.1 Å².